The monoisotopic (exact) mass is 409 g/mol. The van der Waals surface area contributed by atoms with Gasteiger partial charge in [0.25, 0.3) is 0 Å². The van der Waals surface area contributed by atoms with Gasteiger partial charge in [0, 0.05) is 19.5 Å². The molecule has 0 amide bonds. The largest absolute Gasteiger partial charge is 0.368 e. The molecule has 0 aromatic rings. The molecule has 3 heteroatoms. The molecule has 29 heavy (non-hydrogen) atoms. The van der Waals surface area contributed by atoms with Crippen molar-refractivity contribution >= 4 is 5.97 Å². The maximum atomic E-state index is 11.7. The van der Waals surface area contributed by atoms with Gasteiger partial charge in [0.1, 0.15) is 0 Å². The minimum atomic E-state index is -0.0288. The first-order chi connectivity index (χ1) is 14.3. The molecule has 0 aromatic carbocycles. The SMILES string of the molecule is CCCCCCCCCCCCCCCCCCCCCC(=O)ON1CCCC1. The van der Waals surface area contributed by atoms with Crippen molar-refractivity contribution < 1.29 is 9.63 Å². The lowest BCUT2D eigenvalue weighted by Gasteiger charge is -2.13. The van der Waals surface area contributed by atoms with Crippen molar-refractivity contribution in [3.8, 4) is 0 Å². The number of hydroxylamine groups is 2. The topological polar surface area (TPSA) is 29.5 Å². The van der Waals surface area contributed by atoms with Crippen molar-refractivity contribution in [2.24, 2.45) is 0 Å². The molecular weight excluding hydrogens is 358 g/mol. The van der Waals surface area contributed by atoms with Gasteiger partial charge in [0.05, 0.1) is 0 Å². The highest BCUT2D eigenvalue weighted by molar-refractivity contribution is 5.68. The van der Waals surface area contributed by atoms with Gasteiger partial charge in [0.15, 0.2) is 0 Å². The van der Waals surface area contributed by atoms with Gasteiger partial charge in [0.2, 0.25) is 0 Å². The Kier molecular flexibility index (Phi) is 18.9. The summed E-state index contributed by atoms with van der Waals surface area (Å²) >= 11 is 0. The summed E-state index contributed by atoms with van der Waals surface area (Å²) < 4.78 is 0. The van der Waals surface area contributed by atoms with Crippen LogP contribution in [0, 0.1) is 0 Å². The summed E-state index contributed by atoms with van der Waals surface area (Å²) in [7, 11) is 0. The zero-order valence-corrected chi connectivity index (χ0v) is 19.7. The molecule has 1 aliphatic heterocycles. The van der Waals surface area contributed by atoms with Crippen LogP contribution in [0.15, 0.2) is 0 Å². The molecule has 1 rings (SSSR count). The minimum absolute atomic E-state index is 0.0288. The Hall–Kier alpha value is -0.570. The Balaban J connectivity index is 1.67. The van der Waals surface area contributed by atoms with E-state index in [1.165, 1.54) is 116 Å². The van der Waals surface area contributed by atoms with Crippen LogP contribution in [0.5, 0.6) is 0 Å². The molecule has 3 nitrogen and oxygen atoms in total. The Bertz CT molecular complexity index is 353. The molecule has 1 fully saturated rings. The van der Waals surface area contributed by atoms with E-state index in [0.717, 1.165) is 32.4 Å². The molecule has 0 aromatic heterocycles. The van der Waals surface area contributed by atoms with Crippen molar-refractivity contribution in [3.05, 3.63) is 0 Å². The van der Waals surface area contributed by atoms with E-state index in [2.05, 4.69) is 6.92 Å². The summed E-state index contributed by atoms with van der Waals surface area (Å²) in [6.07, 6.45) is 29.2. The third-order valence-electron chi connectivity index (χ3n) is 6.28. The second kappa shape index (κ2) is 20.7. The summed E-state index contributed by atoms with van der Waals surface area (Å²) in [5.74, 6) is -0.0288. The molecule has 172 valence electrons. The van der Waals surface area contributed by atoms with Crippen LogP contribution in [0.4, 0.5) is 0 Å². The van der Waals surface area contributed by atoms with Crippen LogP contribution in [0.1, 0.15) is 148 Å². The van der Waals surface area contributed by atoms with Crippen LogP contribution < -0.4 is 0 Å². The highest BCUT2D eigenvalue weighted by atomic mass is 16.7. The highest BCUT2D eigenvalue weighted by Gasteiger charge is 2.15. The van der Waals surface area contributed by atoms with E-state index in [4.69, 9.17) is 4.84 Å². The molecule has 0 N–H and O–H groups in total. The standard InChI is InChI=1S/C26H51NO2/c1-2-3-4-5-6-7-8-9-10-11-12-13-14-15-16-17-18-19-20-23-26(28)29-27-24-21-22-25-27/h2-25H2,1H3. The van der Waals surface area contributed by atoms with E-state index >= 15 is 0 Å². The highest BCUT2D eigenvalue weighted by Crippen LogP contribution is 2.15. The van der Waals surface area contributed by atoms with Gasteiger partial charge in [-0.1, -0.05) is 122 Å². The third-order valence-corrected chi connectivity index (χ3v) is 6.28. The molecule has 1 saturated heterocycles. The molecule has 1 heterocycles. The number of unbranched alkanes of at least 4 members (excludes halogenated alkanes) is 18. The minimum Gasteiger partial charge on any atom is -0.368 e. The number of carbonyl (C=O) groups excluding carboxylic acids is 1. The fraction of sp³-hybridized carbons (Fsp3) is 0.962. The Morgan fingerprint density at radius 3 is 1.31 bits per heavy atom. The van der Waals surface area contributed by atoms with Crippen molar-refractivity contribution in [2.45, 2.75) is 148 Å². The zero-order valence-electron chi connectivity index (χ0n) is 19.7. The molecule has 0 aliphatic carbocycles. The first kappa shape index (κ1) is 26.5. The molecule has 0 spiro atoms. The molecule has 0 saturated carbocycles. The second-order valence-electron chi connectivity index (χ2n) is 9.21. The lowest BCUT2D eigenvalue weighted by Crippen LogP contribution is -2.23. The number of rotatable bonds is 21. The van der Waals surface area contributed by atoms with E-state index in [1.807, 2.05) is 5.06 Å². The van der Waals surface area contributed by atoms with E-state index in [0.29, 0.717) is 6.42 Å². The van der Waals surface area contributed by atoms with Crippen molar-refractivity contribution in [1.29, 1.82) is 0 Å². The normalized spacial score (nSPS) is 14.5. The molecule has 0 atom stereocenters. The molecule has 0 bridgehead atoms. The van der Waals surface area contributed by atoms with E-state index < -0.39 is 0 Å². The fourth-order valence-corrected chi connectivity index (χ4v) is 4.32. The summed E-state index contributed by atoms with van der Waals surface area (Å²) in [6.45, 7) is 4.13. The number of nitrogens with zero attached hydrogens (tertiary/aromatic N) is 1. The second-order valence-corrected chi connectivity index (χ2v) is 9.21. The van der Waals surface area contributed by atoms with Crippen molar-refractivity contribution in [2.75, 3.05) is 13.1 Å². The quantitative estimate of drug-likeness (QED) is 0.178. The van der Waals surface area contributed by atoms with Crippen molar-refractivity contribution in [3.63, 3.8) is 0 Å². The summed E-state index contributed by atoms with van der Waals surface area (Å²) in [6, 6.07) is 0. The Labute approximate surface area is 182 Å². The van der Waals surface area contributed by atoms with E-state index in [9.17, 15) is 4.79 Å². The van der Waals surface area contributed by atoms with Crippen LogP contribution in [0.3, 0.4) is 0 Å². The maximum absolute atomic E-state index is 11.7. The molecule has 0 unspecified atom stereocenters. The Morgan fingerprint density at radius 2 is 0.931 bits per heavy atom. The van der Waals surface area contributed by atoms with Gasteiger partial charge in [-0.2, -0.15) is 0 Å². The van der Waals surface area contributed by atoms with Gasteiger partial charge in [-0.3, -0.25) is 4.79 Å². The van der Waals surface area contributed by atoms with Crippen LogP contribution in [-0.2, 0) is 9.63 Å². The third kappa shape index (κ3) is 18.0. The van der Waals surface area contributed by atoms with Gasteiger partial charge in [-0.15, -0.1) is 5.06 Å². The van der Waals surface area contributed by atoms with E-state index in [1.54, 1.807) is 0 Å². The molecule has 1 aliphatic rings. The number of hydrogen-bond acceptors (Lipinski definition) is 3. The molecular formula is C26H51NO2. The lowest BCUT2D eigenvalue weighted by atomic mass is 10.0. The van der Waals surface area contributed by atoms with Crippen LogP contribution in [0.25, 0.3) is 0 Å². The Morgan fingerprint density at radius 1 is 0.586 bits per heavy atom. The maximum Gasteiger partial charge on any atom is 0.325 e. The van der Waals surface area contributed by atoms with Crippen LogP contribution >= 0.6 is 0 Å². The first-order valence-electron chi connectivity index (χ1n) is 13.3. The van der Waals surface area contributed by atoms with Crippen molar-refractivity contribution in [1.82, 2.24) is 5.06 Å². The van der Waals surface area contributed by atoms with E-state index in [-0.39, 0.29) is 5.97 Å². The smallest absolute Gasteiger partial charge is 0.325 e. The summed E-state index contributed by atoms with van der Waals surface area (Å²) in [5.41, 5.74) is 0. The van der Waals surface area contributed by atoms with Gasteiger partial charge in [-0.25, -0.2) is 0 Å². The predicted molar refractivity (Wildman–Crippen MR) is 125 cm³/mol. The predicted octanol–water partition coefficient (Wildman–Crippen LogP) is 8.36. The van der Waals surface area contributed by atoms with Crippen LogP contribution in [-0.4, -0.2) is 24.1 Å². The van der Waals surface area contributed by atoms with Gasteiger partial charge >= 0.3 is 5.97 Å². The lowest BCUT2D eigenvalue weighted by molar-refractivity contribution is -0.185. The zero-order chi connectivity index (χ0) is 20.8. The number of carbonyl (C=O) groups is 1. The fourth-order valence-electron chi connectivity index (χ4n) is 4.32. The average Bonchev–Trinajstić information content (AvgIpc) is 3.22. The molecule has 0 radical (unpaired) electrons. The number of hydrogen-bond donors (Lipinski definition) is 0. The van der Waals surface area contributed by atoms with Crippen LogP contribution in [0.2, 0.25) is 0 Å². The summed E-state index contributed by atoms with van der Waals surface area (Å²) in [4.78, 5) is 17.1. The van der Waals surface area contributed by atoms with Gasteiger partial charge in [-0.05, 0) is 19.3 Å². The first-order valence-corrected chi connectivity index (χ1v) is 13.3. The average molecular weight is 410 g/mol. The summed E-state index contributed by atoms with van der Waals surface area (Å²) in [5, 5.41) is 1.83. The van der Waals surface area contributed by atoms with Gasteiger partial charge < -0.3 is 4.84 Å².